The molecule has 1 aliphatic rings. The molecule has 0 bridgehead atoms. The third-order valence-electron chi connectivity index (χ3n) is 3.64. The van der Waals surface area contributed by atoms with Gasteiger partial charge in [-0.1, -0.05) is 20.8 Å². The highest BCUT2D eigenvalue weighted by Crippen LogP contribution is 2.34. The van der Waals surface area contributed by atoms with Crippen LogP contribution < -0.4 is 0 Å². The van der Waals surface area contributed by atoms with E-state index in [1.807, 2.05) is 0 Å². The fourth-order valence-electron chi connectivity index (χ4n) is 2.13. The van der Waals surface area contributed by atoms with Crippen LogP contribution in [0.5, 0.6) is 0 Å². The van der Waals surface area contributed by atoms with Crippen molar-refractivity contribution in [2.45, 2.75) is 46.8 Å². The minimum atomic E-state index is -0.179. The van der Waals surface area contributed by atoms with Crippen molar-refractivity contribution in [1.29, 1.82) is 0 Å². The summed E-state index contributed by atoms with van der Waals surface area (Å²) >= 11 is 0. The summed E-state index contributed by atoms with van der Waals surface area (Å²) in [5.74, 6) is 1.63. The number of ketones is 1. The number of carbonyl (C=O) groups excluding carboxylic acids is 1. The highest BCUT2D eigenvalue weighted by Gasteiger charge is 2.38. The van der Waals surface area contributed by atoms with E-state index in [2.05, 4.69) is 27.7 Å². The molecule has 2 heteroatoms. The first-order valence-corrected chi connectivity index (χ1v) is 5.11. The lowest BCUT2D eigenvalue weighted by Gasteiger charge is -2.41. The molecule has 3 unspecified atom stereocenters. The Bertz CT molecular complexity index is 200. The van der Waals surface area contributed by atoms with Crippen LogP contribution in [0.3, 0.4) is 0 Å². The van der Waals surface area contributed by atoms with Crippen LogP contribution in [0.1, 0.15) is 34.6 Å². The number of ether oxygens (including phenoxy) is 1. The van der Waals surface area contributed by atoms with E-state index < -0.39 is 0 Å². The molecule has 0 aromatic heterocycles. The second-order valence-electron chi connectivity index (χ2n) is 4.45. The predicted octanol–water partition coefficient (Wildman–Crippen LogP) is 2.27. The lowest BCUT2D eigenvalue weighted by atomic mass is 9.76. The maximum Gasteiger partial charge on any atom is 0.158 e. The summed E-state index contributed by atoms with van der Waals surface area (Å²) in [6.07, 6.45) is 0.0290. The van der Waals surface area contributed by atoms with Gasteiger partial charge in [0, 0.05) is 0 Å². The standard InChI is InChI=1S/C11H20O2/c1-6-7(2)10(5)13-11(8(6)3)9(4)12/h6-8,10-11H,1-5H3/t6-,7?,8+,10?,11?/m0/s1. The Morgan fingerprint density at radius 1 is 1.00 bits per heavy atom. The summed E-state index contributed by atoms with van der Waals surface area (Å²) in [4.78, 5) is 11.3. The van der Waals surface area contributed by atoms with Gasteiger partial charge in [-0.05, 0) is 31.6 Å². The van der Waals surface area contributed by atoms with E-state index in [-0.39, 0.29) is 18.0 Å². The maximum absolute atomic E-state index is 11.3. The molecular formula is C11H20O2. The van der Waals surface area contributed by atoms with Crippen LogP contribution in [0.15, 0.2) is 0 Å². The topological polar surface area (TPSA) is 26.3 Å². The van der Waals surface area contributed by atoms with Gasteiger partial charge in [0.25, 0.3) is 0 Å². The Balaban J connectivity index is 2.76. The van der Waals surface area contributed by atoms with E-state index in [9.17, 15) is 4.79 Å². The van der Waals surface area contributed by atoms with Gasteiger partial charge in [-0.2, -0.15) is 0 Å². The van der Waals surface area contributed by atoms with Crippen molar-refractivity contribution >= 4 is 5.78 Å². The van der Waals surface area contributed by atoms with Gasteiger partial charge in [0.2, 0.25) is 0 Å². The summed E-state index contributed by atoms with van der Waals surface area (Å²) in [5, 5.41) is 0. The number of hydrogen-bond acceptors (Lipinski definition) is 2. The molecular weight excluding hydrogens is 164 g/mol. The molecule has 0 saturated carbocycles. The van der Waals surface area contributed by atoms with Crippen LogP contribution in [0.4, 0.5) is 0 Å². The van der Waals surface area contributed by atoms with Crippen LogP contribution in [0.25, 0.3) is 0 Å². The first-order chi connectivity index (χ1) is 5.95. The Labute approximate surface area is 80.7 Å². The first kappa shape index (κ1) is 10.7. The summed E-state index contributed by atoms with van der Waals surface area (Å²) in [7, 11) is 0. The van der Waals surface area contributed by atoms with E-state index in [4.69, 9.17) is 4.74 Å². The Hall–Kier alpha value is -0.370. The van der Waals surface area contributed by atoms with Gasteiger partial charge in [-0.3, -0.25) is 4.79 Å². The number of Topliss-reactive ketones (excluding diaryl/α,β-unsaturated/α-hetero) is 1. The van der Waals surface area contributed by atoms with E-state index in [0.29, 0.717) is 17.8 Å². The molecule has 0 aromatic carbocycles. The Morgan fingerprint density at radius 3 is 2.00 bits per heavy atom. The minimum Gasteiger partial charge on any atom is -0.367 e. The molecule has 1 heterocycles. The maximum atomic E-state index is 11.3. The smallest absolute Gasteiger partial charge is 0.158 e. The normalized spacial score (nSPS) is 46.1. The molecule has 1 fully saturated rings. The molecule has 13 heavy (non-hydrogen) atoms. The monoisotopic (exact) mass is 184 g/mol. The summed E-state index contributed by atoms with van der Waals surface area (Å²) < 4.78 is 5.69. The lowest BCUT2D eigenvalue weighted by Crippen LogP contribution is -2.46. The molecule has 2 nitrogen and oxygen atoms in total. The number of carbonyl (C=O) groups is 1. The molecule has 0 aromatic rings. The fraction of sp³-hybridized carbons (Fsp3) is 0.909. The zero-order chi connectivity index (χ0) is 10.2. The second-order valence-corrected chi connectivity index (χ2v) is 4.45. The molecule has 0 radical (unpaired) electrons. The molecule has 0 N–H and O–H groups in total. The van der Waals surface area contributed by atoms with Gasteiger partial charge in [0.15, 0.2) is 5.78 Å². The fourth-order valence-corrected chi connectivity index (χ4v) is 2.13. The highest BCUT2D eigenvalue weighted by molar-refractivity contribution is 5.80. The average molecular weight is 184 g/mol. The number of hydrogen-bond donors (Lipinski definition) is 0. The van der Waals surface area contributed by atoms with Crippen molar-refractivity contribution in [3.05, 3.63) is 0 Å². The summed E-state index contributed by atoms with van der Waals surface area (Å²) in [5.41, 5.74) is 0. The van der Waals surface area contributed by atoms with Crippen molar-refractivity contribution in [2.24, 2.45) is 17.8 Å². The second kappa shape index (κ2) is 3.79. The third kappa shape index (κ3) is 1.93. The predicted molar refractivity (Wildman–Crippen MR) is 52.5 cm³/mol. The molecule has 0 aliphatic carbocycles. The van der Waals surface area contributed by atoms with Gasteiger partial charge in [0.1, 0.15) is 6.10 Å². The van der Waals surface area contributed by atoms with Crippen molar-refractivity contribution in [3.8, 4) is 0 Å². The molecule has 0 spiro atoms. The van der Waals surface area contributed by atoms with Gasteiger partial charge in [-0.25, -0.2) is 0 Å². The molecule has 1 rings (SSSR count). The lowest BCUT2D eigenvalue weighted by molar-refractivity contribution is -0.156. The summed E-state index contributed by atoms with van der Waals surface area (Å²) in [6.45, 7) is 10.2. The van der Waals surface area contributed by atoms with Crippen LogP contribution in [-0.4, -0.2) is 18.0 Å². The SMILES string of the molecule is CC(=O)C1OC(C)C(C)[C@H](C)[C@H]1C. The largest absolute Gasteiger partial charge is 0.367 e. The number of rotatable bonds is 1. The minimum absolute atomic E-state index is 0.165. The van der Waals surface area contributed by atoms with Crippen molar-refractivity contribution < 1.29 is 9.53 Å². The highest BCUT2D eigenvalue weighted by atomic mass is 16.5. The van der Waals surface area contributed by atoms with E-state index in [0.717, 1.165) is 0 Å². The zero-order valence-electron chi connectivity index (χ0n) is 9.20. The quantitative estimate of drug-likeness (QED) is 0.625. The van der Waals surface area contributed by atoms with Gasteiger partial charge in [-0.15, -0.1) is 0 Å². The van der Waals surface area contributed by atoms with Crippen LogP contribution in [-0.2, 0) is 9.53 Å². The van der Waals surface area contributed by atoms with Crippen LogP contribution in [0, 0.1) is 17.8 Å². The molecule has 1 saturated heterocycles. The van der Waals surface area contributed by atoms with Gasteiger partial charge in [0.05, 0.1) is 6.10 Å². The van der Waals surface area contributed by atoms with E-state index >= 15 is 0 Å². The van der Waals surface area contributed by atoms with Crippen molar-refractivity contribution in [3.63, 3.8) is 0 Å². The van der Waals surface area contributed by atoms with Crippen molar-refractivity contribution in [2.75, 3.05) is 0 Å². The molecule has 0 amide bonds. The first-order valence-electron chi connectivity index (χ1n) is 5.11. The van der Waals surface area contributed by atoms with Crippen LogP contribution in [0.2, 0.25) is 0 Å². The van der Waals surface area contributed by atoms with E-state index in [1.54, 1.807) is 6.92 Å². The van der Waals surface area contributed by atoms with Crippen molar-refractivity contribution in [1.82, 2.24) is 0 Å². The average Bonchev–Trinajstić information content (AvgIpc) is 2.07. The molecule has 76 valence electrons. The van der Waals surface area contributed by atoms with Crippen LogP contribution >= 0.6 is 0 Å². The van der Waals surface area contributed by atoms with Gasteiger partial charge < -0.3 is 4.74 Å². The Morgan fingerprint density at radius 2 is 1.54 bits per heavy atom. The Kier molecular flexibility index (Phi) is 3.12. The third-order valence-corrected chi connectivity index (χ3v) is 3.64. The molecule has 1 aliphatic heterocycles. The summed E-state index contributed by atoms with van der Waals surface area (Å²) in [6, 6.07) is 0. The van der Waals surface area contributed by atoms with E-state index in [1.165, 1.54) is 0 Å². The molecule has 5 atom stereocenters. The zero-order valence-corrected chi connectivity index (χ0v) is 9.20. The van der Waals surface area contributed by atoms with Gasteiger partial charge >= 0.3 is 0 Å².